The summed E-state index contributed by atoms with van der Waals surface area (Å²) < 4.78 is 5.75. The van der Waals surface area contributed by atoms with Crippen molar-refractivity contribution in [2.75, 3.05) is 13.2 Å². The van der Waals surface area contributed by atoms with Gasteiger partial charge in [0.25, 0.3) is 0 Å². The van der Waals surface area contributed by atoms with E-state index in [1.54, 1.807) is 0 Å². The van der Waals surface area contributed by atoms with Crippen LogP contribution in [0, 0.1) is 12.3 Å². The molecule has 1 aliphatic carbocycles. The summed E-state index contributed by atoms with van der Waals surface area (Å²) in [6, 6.07) is 1.81. The van der Waals surface area contributed by atoms with Gasteiger partial charge < -0.3 is 20.2 Å². The molecule has 5 heteroatoms. The Labute approximate surface area is 119 Å². The van der Waals surface area contributed by atoms with Gasteiger partial charge in [0.2, 0.25) is 0 Å². The van der Waals surface area contributed by atoms with Crippen LogP contribution in [0.15, 0.2) is 10.5 Å². The lowest BCUT2D eigenvalue weighted by Crippen LogP contribution is -2.41. The summed E-state index contributed by atoms with van der Waals surface area (Å²) in [5.41, 5.74) is 1.21. The molecule has 1 aromatic rings. The molecule has 0 saturated heterocycles. The average Bonchev–Trinajstić information content (AvgIpc) is 2.68. The molecule has 112 valence electrons. The van der Waals surface area contributed by atoms with Gasteiger partial charge in [-0.2, -0.15) is 0 Å². The molecule has 1 heterocycles. The number of nitrogens with one attached hydrogen (secondary N) is 2. The van der Waals surface area contributed by atoms with Gasteiger partial charge in [-0.25, -0.2) is 4.79 Å². The molecule has 1 aliphatic rings. The normalized spacial score (nSPS) is 20.3. The second-order valence-corrected chi connectivity index (χ2v) is 6.31. The number of aliphatic hydroxyl groups excluding tert-OH is 1. The molecule has 0 saturated carbocycles. The van der Waals surface area contributed by atoms with Gasteiger partial charge in [0.1, 0.15) is 11.5 Å². The van der Waals surface area contributed by atoms with Gasteiger partial charge in [0, 0.05) is 25.1 Å². The number of carbonyl (C=O) groups excluding carboxylic acids is 1. The smallest absolute Gasteiger partial charge is 0.315 e. The predicted octanol–water partition coefficient (Wildman–Crippen LogP) is 2.28. The summed E-state index contributed by atoms with van der Waals surface area (Å²) in [6.07, 6.45) is 2.37. The number of aliphatic hydroxyl groups is 1. The predicted molar refractivity (Wildman–Crippen MR) is 76.5 cm³/mol. The fraction of sp³-hybridized carbons (Fsp3) is 0.667. The van der Waals surface area contributed by atoms with Gasteiger partial charge in [-0.05, 0) is 31.2 Å². The average molecular weight is 280 g/mol. The van der Waals surface area contributed by atoms with Crippen LogP contribution in [0.5, 0.6) is 0 Å². The Morgan fingerprint density at radius 3 is 3.00 bits per heavy atom. The highest BCUT2D eigenvalue weighted by Crippen LogP contribution is 2.41. The van der Waals surface area contributed by atoms with Gasteiger partial charge in [0.15, 0.2) is 0 Å². The molecule has 0 unspecified atom stereocenters. The van der Waals surface area contributed by atoms with Crippen molar-refractivity contribution in [1.29, 1.82) is 0 Å². The molecule has 3 N–H and O–H groups in total. The summed E-state index contributed by atoms with van der Waals surface area (Å²) in [5, 5.41) is 14.5. The van der Waals surface area contributed by atoms with Gasteiger partial charge in [0.05, 0.1) is 6.04 Å². The SMILES string of the molecule is Cc1cc2c(o1)CC(C)(C)C[C@H]2NC(=O)NCCCO. The fourth-order valence-corrected chi connectivity index (χ4v) is 2.80. The Hall–Kier alpha value is -1.49. The standard InChI is InChI=1S/C15H24N2O3/c1-10-7-11-12(17-14(19)16-5-4-6-18)8-15(2,3)9-13(11)20-10/h7,12,18H,4-6,8-9H2,1-3H3,(H2,16,17,19)/t12-/m1/s1. The summed E-state index contributed by atoms with van der Waals surface area (Å²) in [4.78, 5) is 11.9. The molecule has 20 heavy (non-hydrogen) atoms. The van der Waals surface area contributed by atoms with Crippen molar-refractivity contribution in [2.24, 2.45) is 5.41 Å². The minimum absolute atomic E-state index is 0.0136. The number of urea groups is 1. The van der Waals surface area contributed by atoms with E-state index in [-0.39, 0.29) is 24.1 Å². The maximum atomic E-state index is 11.9. The Morgan fingerprint density at radius 2 is 2.30 bits per heavy atom. The van der Waals surface area contributed by atoms with E-state index in [4.69, 9.17) is 9.52 Å². The number of rotatable bonds is 4. The summed E-state index contributed by atoms with van der Waals surface area (Å²) >= 11 is 0. The monoisotopic (exact) mass is 280 g/mol. The number of carbonyl (C=O) groups is 1. The fourth-order valence-electron chi connectivity index (χ4n) is 2.80. The van der Waals surface area contributed by atoms with E-state index in [9.17, 15) is 4.79 Å². The lowest BCUT2D eigenvalue weighted by Gasteiger charge is -2.34. The van der Waals surface area contributed by atoms with Crippen molar-refractivity contribution in [1.82, 2.24) is 10.6 Å². The van der Waals surface area contributed by atoms with Crippen LogP contribution in [0.2, 0.25) is 0 Å². The number of fused-ring (bicyclic) bond motifs is 1. The second kappa shape index (κ2) is 5.87. The van der Waals surface area contributed by atoms with Crippen LogP contribution in [0.4, 0.5) is 4.79 Å². The zero-order valence-corrected chi connectivity index (χ0v) is 12.5. The van der Waals surface area contributed by atoms with E-state index in [1.807, 2.05) is 13.0 Å². The Kier molecular flexibility index (Phi) is 4.38. The Balaban J connectivity index is 2.05. The topological polar surface area (TPSA) is 74.5 Å². The highest BCUT2D eigenvalue weighted by Gasteiger charge is 2.35. The van der Waals surface area contributed by atoms with E-state index in [0.717, 1.165) is 29.9 Å². The summed E-state index contributed by atoms with van der Waals surface area (Å²) in [5.74, 6) is 1.87. The molecule has 0 aliphatic heterocycles. The first-order valence-corrected chi connectivity index (χ1v) is 7.16. The van der Waals surface area contributed by atoms with Gasteiger partial charge in [-0.15, -0.1) is 0 Å². The number of furan rings is 1. The largest absolute Gasteiger partial charge is 0.466 e. The maximum absolute atomic E-state index is 11.9. The zero-order valence-electron chi connectivity index (χ0n) is 12.5. The van der Waals surface area contributed by atoms with E-state index in [1.165, 1.54) is 0 Å². The van der Waals surface area contributed by atoms with Crippen LogP contribution in [0.1, 0.15) is 49.8 Å². The van der Waals surface area contributed by atoms with Crippen molar-refractivity contribution < 1.29 is 14.3 Å². The second-order valence-electron chi connectivity index (χ2n) is 6.31. The minimum atomic E-state index is -0.189. The van der Waals surface area contributed by atoms with Gasteiger partial charge in [-0.1, -0.05) is 13.8 Å². The highest BCUT2D eigenvalue weighted by molar-refractivity contribution is 5.74. The Bertz CT molecular complexity index is 479. The van der Waals surface area contributed by atoms with Crippen LogP contribution < -0.4 is 10.6 Å². The molecule has 0 bridgehead atoms. The van der Waals surface area contributed by atoms with Gasteiger partial charge >= 0.3 is 6.03 Å². The number of aryl methyl sites for hydroxylation is 1. The molecule has 0 radical (unpaired) electrons. The van der Waals surface area contributed by atoms with E-state index >= 15 is 0 Å². The van der Waals surface area contributed by atoms with Crippen LogP contribution in [-0.2, 0) is 6.42 Å². The molecule has 0 aromatic carbocycles. The molecule has 0 fully saturated rings. The van der Waals surface area contributed by atoms with E-state index in [0.29, 0.717) is 13.0 Å². The van der Waals surface area contributed by atoms with E-state index in [2.05, 4.69) is 24.5 Å². The minimum Gasteiger partial charge on any atom is -0.466 e. The van der Waals surface area contributed by atoms with Crippen molar-refractivity contribution in [3.63, 3.8) is 0 Å². The lowest BCUT2D eigenvalue weighted by atomic mass is 9.75. The third-order valence-corrected chi connectivity index (χ3v) is 3.66. The molecule has 2 amide bonds. The number of hydrogen-bond donors (Lipinski definition) is 3. The first-order chi connectivity index (χ1) is 9.41. The molecule has 2 rings (SSSR count). The van der Waals surface area contributed by atoms with Crippen LogP contribution in [0.3, 0.4) is 0 Å². The third-order valence-electron chi connectivity index (χ3n) is 3.66. The molecule has 1 aromatic heterocycles. The van der Waals surface area contributed by atoms with Gasteiger partial charge in [-0.3, -0.25) is 0 Å². The summed E-state index contributed by atoms with van der Waals surface area (Å²) in [6.45, 7) is 6.87. The molecule has 1 atom stereocenters. The molecule has 5 nitrogen and oxygen atoms in total. The highest BCUT2D eigenvalue weighted by atomic mass is 16.3. The van der Waals surface area contributed by atoms with Crippen LogP contribution in [-0.4, -0.2) is 24.3 Å². The van der Waals surface area contributed by atoms with Crippen LogP contribution >= 0.6 is 0 Å². The van der Waals surface area contributed by atoms with Crippen molar-refractivity contribution >= 4 is 6.03 Å². The Morgan fingerprint density at radius 1 is 1.55 bits per heavy atom. The first kappa shape index (κ1) is 14.9. The van der Waals surface area contributed by atoms with Crippen LogP contribution in [0.25, 0.3) is 0 Å². The number of amides is 2. The van der Waals surface area contributed by atoms with Crippen molar-refractivity contribution in [3.8, 4) is 0 Å². The lowest BCUT2D eigenvalue weighted by molar-refractivity contribution is 0.213. The zero-order chi connectivity index (χ0) is 14.8. The molecular weight excluding hydrogens is 256 g/mol. The van der Waals surface area contributed by atoms with E-state index < -0.39 is 0 Å². The molecule has 0 spiro atoms. The quantitative estimate of drug-likeness (QED) is 0.741. The number of hydrogen-bond acceptors (Lipinski definition) is 3. The summed E-state index contributed by atoms with van der Waals surface area (Å²) in [7, 11) is 0. The van der Waals surface area contributed by atoms with Crippen molar-refractivity contribution in [3.05, 3.63) is 23.2 Å². The molecular formula is C15H24N2O3. The maximum Gasteiger partial charge on any atom is 0.315 e. The van der Waals surface area contributed by atoms with Crippen molar-refractivity contribution in [2.45, 2.75) is 46.1 Å². The third kappa shape index (κ3) is 3.54. The first-order valence-electron chi connectivity index (χ1n) is 7.16.